The largest absolute Gasteiger partial charge is 0.339 e. The van der Waals surface area contributed by atoms with Crippen molar-refractivity contribution in [2.24, 2.45) is 0 Å². The van der Waals surface area contributed by atoms with E-state index < -0.39 is 10.0 Å². The minimum absolute atomic E-state index is 0.176. The van der Waals surface area contributed by atoms with Crippen molar-refractivity contribution in [1.82, 2.24) is 19.7 Å². The summed E-state index contributed by atoms with van der Waals surface area (Å²) in [6.07, 6.45) is 5.00. The van der Waals surface area contributed by atoms with Gasteiger partial charge in [-0.1, -0.05) is 22.9 Å². The van der Waals surface area contributed by atoms with Crippen LogP contribution in [0.3, 0.4) is 0 Å². The van der Waals surface area contributed by atoms with Gasteiger partial charge in [0.15, 0.2) is 8.68 Å². The molecule has 1 atom stereocenters. The molecule has 7 nitrogen and oxygen atoms in total. The zero-order valence-corrected chi connectivity index (χ0v) is 14.8. The molecule has 1 saturated heterocycles. The van der Waals surface area contributed by atoms with E-state index in [0.717, 1.165) is 30.7 Å². The lowest BCUT2D eigenvalue weighted by Gasteiger charge is -2.32. The third kappa shape index (κ3) is 3.79. The van der Waals surface area contributed by atoms with Gasteiger partial charge in [-0.05, 0) is 25.8 Å². The van der Waals surface area contributed by atoms with Gasteiger partial charge in [0.25, 0.3) is 10.0 Å². The van der Waals surface area contributed by atoms with Crippen LogP contribution in [0, 0.1) is 6.92 Å². The lowest BCUT2D eigenvalue weighted by atomic mass is 10.1. The number of hydrogen-bond acceptors (Lipinski definition) is 7. The molecule has 1 aliphatic heterocycles. The van der Waals surface area contributed by atoms with Crippen molar-refractivity contribution in [1.29, 1.82) is 0 Å². The van der Waals surface area contributed by atoms with Crippen LogP contribution in [-0.4, -0.2) is 42.5 Å². The molecular formula is C13H16ClN5O2S2. The molecule has 0 saturated carbocycles. The number of sulfonamides is 1. The summed E-state index contributed by atoms with van der Waals surface area (Å²) in [6, 6.07) is 1.56. The Bertz CT molecular complexity index is 781. The molecule has 2 aromatic rings. The van der Waals surface area contributed by atoms with E-state index in [0.29, 0.717) is 18.2 Å². The second-order valence-corrected chi connectivity index (χ2v) is 8.79. The first kappa shape index (κ1) is 16.6. The van der Waals surface area contributed by atoms with Crippen LogP contribution in [0.5, 0.6) is 0 Å². The SMILES string of the molecule is Cc1nc(Cl)sc1S(=O)(=O)N[C@@H]1CCCN(c2ncccn2)C1. The predicted molar refractivity (Wildman–Crippen MR) is 89.4 cm³/mol. The maximum Gasteiger partial charge on any atom is 0.252 e. The maximum atomic E-state index is 12.5. The number of thiazole rings is 1. The molecule has 2 aromatic heterocycles. The number of halogens is 1. The molecule has 0 spiro atoms. The lowest BCUT2D eigenvalue weighted by molar-refractivity contribution is 0.462. The number of aryl methyl sites for hydroxylation is 1. The number of hydrogen-bond donors (Lipinski definition) is 1. The van der Waals surface area contributed by atoms with Crippen LogP contribution in [0.4, 0.5) is 5.95 Å². The zero-order chi connectivity index (χ0) is 16.4. The third-order valence-corrected chi connectivity index (χ3v) is 6.94. The van der Waals surface area contributed by atoms with Gasteiger partial charge in [0.2, 0.25) is 5.95 Å². The fourth-order valence-electron chi connectivity index (χ4n) is 2.58. The smallest absolute Gasteiger partial charge is 0.252 e. The number of anilines is 1. The number of piperidine rings is 1. The first-order chi connectivity index (χ1) is 11.0. The number of aromatic nitrogens is 3. The molecule has 0 amide bonds. The molecule has 0 aliphatic carbocycles. The van der Waals surface area contributed by atoms with Crippen molar-refractivity contribution < 1.29 is 8.42 Å². The van der Waals surface area contributed by atoms with Gasteiger partial charge in [-0.2, -0.15) is 0 Å². The molecular weight excluding hydrogens is 358 g/mol. The highest BCUT2D eigenvalue weighted by molar-refractivity contribution is 7.91. The molecule has 124 valence electrons. The topological polar surface area (TPSA) is 88.1 Å². The first-order valence-electron chi connectivity index (χ1n) is 7.13. The summed E-state index contributed by atoms with van der Waals surface area (Å²) in [5.41, 5.74) is 0.423. The van der Waals surface area contributed by atoms with Crippen LogP contribution in [0.15, 0.2) is 22.7 Å². The highest BCUT2D eigenvalue weighted by Crippen LogP contribution is 2.27. The molecule has 1 aliphatic rings. The normalized spacial score (nSPS) is 19.0. The van der Waals surface area contributed by atoms with Gasteiger partial charge in [0, 0.05) is 31.5 Å². The Balaban J connectivity index is 1.74. The van der Waals surface area contributed by atoms with Crippen molar-refractivity contribution in [2.45, 2.75) is 30.0 Å². The summed E-state index contributed by atoms with van der Waals surface area (Å²) in [7, 11) is -3.62. The zero-order valence-electron chi connectivity index (χ0n) is 12.4. The average molecular weight is 374 g/mol. The Labute approximate surface area is 143 Å². The summed E-state index contributed by atoms with van der Waals surface area (Å²) in [6.45, 7) is 2.99. The molecule has 3 heterocycles. The van der Waals surface area contributed by atoms with Crippen molar-refractivity contribution >= 4 is 38.9 Å². The van der Waals surface area contributed by atoms with Gasteiger partial charge in [-0.25, -0.2) is 28.1 Å². The van der Waals surface area contributed by atoms with E-state index in [1.54, 1.807) is 25.4 Å². The Hall–Kier alpha value is -1.29. The molecule has 1 N–H and O–H groups in total. The van der Waals surface area contributed by atoms with Crippen LogP contribution in [-0.2, 0) is 10.0 Å². The van der Waals surface area contributed by atoms with Gasteiger partial charge in [0.05, 0.1) is 5.69 Å². The molecule has 0 radical (unpaired) electrons. The van der Waals surface area contributed by atoms with Crippen molar-refractivity contribution in [3.8, 4) is 0 Å². The Kier molecular flexibility index (Phi) is 4.81. The van der Waals surface area contributed by atoms with Crippen molar-refractivity contribution in [3.63, 3.8) is 0 Å². The monoisotopic (exact) mass is 373 g/mol. The quantitative estimate of drug-likeness (QED) is 0.879. The van der Waals surface area contributed by atoms with Gasteiger partial charge in [-0.3, -0.25) is 0 Å². The summed E-state index contributed by atoms with van der Waals surface area (Å²) in [5.74, 6) is 0.619. The van der Waals surface area contributed by atoms with Gasteiger partial charge in [-0.15, -0.1) is 0 Å². The van der Waals surface area contributed by atoms with Crippen LogP contribution in [0.1, 0.15) is 18.5 Å². The molecule has 0 aromatic carbocycles. The maximum absolute atomic E-state index is 12.5. The molecule has 10 heteroatoms. The molecule has 23 heavy (non-hydrogen) atoms. The van der Waals surface area contributed by atoms with Crippen LogP contribution >= 0.6 is 22.9 Å². The molecule has 3 rings (SSSR count). The van der Waals surface area contributed by atoms with Gasteiger partial charge >= 0.3 is 0 Å². The number of nitrogens with one attached hydrogen (secondary N) is 1. The second-order valence-electron chi connectivity index (χ2n) is 5.29. The standard InChI is InChI=1S/C13H16ClN5O2S2/c1-9-11(22-12(14)17-9)23(20,21)18-10-4-2-7-19(8-10)13-15-5-3-6-16-13/h3,5-6,10,18H,2,4,7-8H2,1H3/t10-/m1/s1. The molecule has 0 bridgehead atoms. The van der Waals surface area contributed by atoms with E-state index in [1.165, 1.54) is 0 Å². The number of nitrogens with zero attached hydrogens (tertiary/aromatic N) is 4. The third-order valence-electron chi connectivity index (χ3n) is 3.55. The average Bonchev–Trinajstić information content (AvgIpc) is 2.88. The highest BCUT2D eigenvalue weighted by Gasteiger charge is 2.28. The molecule has 0 unspecified atom stereocenters. The van der Waals surface area contributed by atoms with E-state index >= 15 is 0 Å². The Morgan fingerprint density at radius 2 is 2.13 bits per heavy atom. The minimum atomic E-state index is -3.62. The molecule has 1 fully saturated rings. The highest BCUT2D eigenvalue weighted by atomic mass is 35.5. The van der Waals surface area contributed by atoms with Crippen LogP contribution in [0.25, 0.3) is 0 Å². The minimum Gasteiger partial charge on any atom is -0.339 e. The van der Waals surface area contributed by atoms with Crippen molar-refractivity contribution in [3.05, 3.63) is 28.6 Å². The van der Waals surface area contributed by atoms with Gasteiger partial charge < -0.3 is 4.90 Å². The van der Waals surface area contributed by atoms with Crippen LogP contribution < -0.4 is 9.62 Å². The predicted octanol–water partition coefficient (Wildman–Crippen LogP) is 1.84. The first-order valence-corrected chi connectivity index (χ1v) is 9.81. The second kappa shape index (κ2) is 6.68. The number of rotatable bonds is 4. The lowest BCUT2D eigenvalue weighted by Crippen LogP contribution is -2.48. The Morgan fingerprint density at radius 1 is 1.39 bits per heavy atom. The fraction of sp³-hybridized carbons (Fsp3) is 0.462. The van der Waals surface area contributed by atoms with E-state index in [1.807, 2.05) is 4.90 Å². The van der Waals surface area contributed by atoms with Gasteiger partial charge in [0.1, 0.15) is 0 Å². The van der Waals surface area contributed by atoms with E-state index in [9.17, 15) is 8.42 Å². The van der Waals surface area contributed by atoms with Crippen molar-refractivity contribution in [2.75, 3.05) is 18.0 Å². The Morgan fingerprint density at radius 3 is 2.78 bits per heavy atom. The van der Waals surface area contributed by atoms with E-state index in [-0.39, 0.29) is 14.7 Å². The summed E-state index contributed by atoms with van der Waals surface area (Å²) in [4.78, 5) is 14.4. The van der Waals surface area contributed by atoms with E-state index in [4.69, 9.17) is 11.6 Å². The summed E-state index contributed by atoms with van der Waals surface area (Å²) >= 11 is 6.78. The fourth-order valence-corrected chi connectivity index (χ4v) is 5.60. The summed E-state index contributed by atoms with van der Waals surface area (Å²) in [5, 5.41) is 0. The van der Waals surface area contributed by atoms with E-state index in [2.05, 4.69) is 19.7 Å². The van der Waals surface area contributed by atoms with Crippen LogP contribution in [0.2, 0.25) is 4.47 Å². The summed E-state index contributed by atoms with van der Waals surface area (Å²) < 4.78 is 28.2.